The van der Waals surface area contributed by atoms with Gasteiger partial charge in [-0.2, -0.15) is 0 Å². The molecular weight excluding hydrogens is 293 g/mol. The lowest BCUT2D eigenvalue weighted by Gasteiger charge is -2.07. The molecule has 1 heterocycles. The molecule has 0 aliphatic rings. The van der Waals surface area contributed by atoms with Crippen LogP contribution in [0.25, 0.3) is 11.0 Å². The zero-order valence-corrected chi connectivity index (χ0v) is 11.4. The van der Waals surface area contributed by atoms with E-state index in [-0.39, 0.29) is 16.5 Å². The number of nitrogens with one attached hydrogen (secondary N) is 1. The van der Waals surface area contributed by atoms with Crippen LogP contribution >= 0.6 is 11.6 Å². The molecule has 104 valence electrons. The highest BCUT2D eigenvalue weighted by atomic mass is 35.5. The summed E-state index contributed by atoms with van der Waals surface area (Å²) in [6.45, 7) is 0. The quantitative estimate of drug-likeness (QED) is 0.785. The van der Waals surface area contributed by atoms with E-state index in [2.05, 4.69) is 15.3 Å². The van der Waals surface area contributed by atoms with Crippen LogP contribution in [0.5, 0.6) is 0 Å². The van der Waals surface area contributed by atoms with Crippen LogP contribution < -0.4 is 5.32 Å². The number of aromatic nitrogens is 2. The van der Waals surface area contributed by atoms with Crippen LogP contribution in [-0.4, -0.2) is 15.9 Å². The van der Waals surface area contributed by atoms with Crippen LogP contribution in [0.1, 0.15) is 10.5 Å². The first kappa shape index (κ1) is 13.5. The highest BCUT2D eigenvalue weighted by Crippen LogP contribution is 2.19. The van der Waals surface area contributed by atoms with Gasteiger partial charge < -0.3 is 5.32 Å². The number of amides is 1. The molecule has 0 fully saturated rings. The average Bonchev–Trinajstić information content (AvgIpc) is 2.49. The van der Waals surface area contributed by atoms with Crippen LogP contribution in [0.3, 0.4) is 0 Å². The zero-order chi connectivity index (χ0) is 14.8. The van der Waals surface area contributed by atoms with Crippen molar-refractivity contribution in [3.63, 3.8) is 0 Å². The molecule has 3 aromatic rings. The van der Waals surface area contributed by atoms with E-state index in [9.17, 15) is 9.18 Å². The summed E-state index contributed by atoms with van der Waals surface area (Å²) in [5.41, 5.74) is 1.15. The van der Waals surface area contributed by atoms with E-state index in [0.717, 1.165) is 0 Å². The zero-order valence-electron chi connectivity index (χ0n) is 10.7. The third-order valence-electron chi connectivity index (χ3n) is 2.87. The van der Waals surface area contributed by atoms with Crippen molar-refractivity contribution in [3.8, 4) is 0 Å². The van der Waals surface area contributed by atoms with Crippen LogP contribution in [-0.2, 0) is 0 Å². The number of hydrogen-bond donors (Lipinski definition) is 1. The Kier molecular flexibility index (Phi) is 3.50. The summed E-state index contributed by atoms with van der Waals surface area (Å²) in [6.07, 6.45) is 0. The Hall–Kier alpha value is -2.53. The Labute approximate surface area is 124 Å². The second-order valence-corrected chi connectivity index (χ2v) is 4.64. The highest BCUT2D eigenvalue weighted by Gasteiger charge is 2.16. The second-order valence-electron chi connectivity index (χ2n) is 4.29. The highest BCUT2D eigenvalue weighted by molar-refractivity contribution is 6.33. The molecule has 0 radical (unpaired) electrons. The van der Waals surface area contributed by atoms with Gasteiger partial charge in [-0.3, -0.25) is 4.79 Å². The van der Waals surface area contributed by atoms with Crippen molar-refractivity contribution < 1.29 is 9.18 Å². The molecule has 1 N–H and O–H groups in total. The standard InChI is InChI=1S/C15H9ClFN3O/c16-14-13(18-11-7-3-4-8-12(11)19-14)15(21)20-10-6-2-1-5-9(10)17/h1-8H,(H,20,21). The number of halogens is 2. The number of anilines is 1. The van der Waals surface area contributed by atoms with E-state index >= 15 is 0 Å². The van der Waals surface area contributed by atoms with Crippen LogP contribution in [0.2, 0.25) is 5.15 Å². The summed E-state index contributed by atoms with van der Waals surface area (Å²) in [7, 11) is 0. The molecule has 1 amide bonds. The first-order chi connectivity index (χ1) is 10.1. The smallest absolute Gasteiger partial charge is 0.277 e. The molecule has 6 heteroatoms. The van der Waals surface area contributed by atoms with E-state index in [1.807, 2.05) is 0 Å². The third kappa shape index (κ3) is 2.68. The van der Waals surface area contributed by atoms with Gasteiger partial charge in [0.15, 0.2) is 10.8 Å². The van der Waals surface area contributed by atoms with Gasteiger partial charge in [-0.15, -0.1) is 0 Å². The Morgan fingerprint density at radius 2 is 1.62 bits per heavy atom. The Bertz CT molecular complexity index is 838. The second kappa shape index (κ2) is 5.46. The number of nitrogens with zero attached hydrogens (tertiary/aromatic N) is 2. The van der Waals surface area contributed by atoms with Gasteiger partial charge in [-0.25, -0.2) is 14.4 Å². The molecule has 0 aliphatic carbocycles. The van der Waals surface area contributed by atoms with Gasteiger partial charge in [-0.1, -0.05) is 35.9 Å². The van der Waals surface area contributed by atoms with Crippen molar-refractivity contribution in [2.75, 3.05) is 5.32 Å². The summed E-state index contributed by atoms with van der Waals surface area (Å²) >= 11 is 5.98. The molecule has 0 saturated carbocycles. The van der Waals surface area contributed by atoms with Crippen LogP contribution in [0.4, 0.5) is 10.1 Å². The first-order valence-electron chi connectivity index (χ1n) is 6.13. The van der Waals surface area contributed by atoms with Gasteiger partial charge >= 0.3 is 0 Å². The van der Waals surface area contributed by atoms with Gasteiger partial charge in [0.05, 0.1) is 16.7 Å². The van der Waals surface area contributed by atoms with Gasteiger partial charge in [0.1, 0.15) is 5.82 Å². The number of fused-ring (bicyclic) bond motifs is 1. The number of para-hydroxylation sites is 3. The topological polar surface area (TPSA) is 54.9 Å². The first-order valence-corrected chi connectivity index (χ1v) is 6.51. The minimum atomic E-state index is -0.608. The SMILES string of the molecule is O=C(Nc1ccccc1F)c1nc2ccccc2nc1Cl. The molecule has 21 heavy (non-hydrogen) atoms. The van der Waals surface area contributed by atoms with Gasteiger partial charge in [0.25, 0.3) is 5.91 Å². The number of hydrogen-bond acceptors (Lipinski definition) is 3. The van der Waals surface area contributed by atoms with Gasteiger partial charge in [0.2, 0.25) is 0 Å². The number of carbonyl (C=O) groups is 1. The van der Waals surface area contributed by atoms with Crippen molar-refractivity contribution in [1.29, 1.82) is 0 Å². The van der Waals surface area contributed by atoms with Gasteiger partial charge in [0, 0.05) is 0 Å². The maximum absolute atomic E-state index is 13.5. The lowest BCUT2D eigenvalue weighted by molar-refractivity contribution is 0.102. The van der Waals surface area contributed by atoms with E-state index in [0.29, 0.717) is 11.0 Å². The van der Waals surface area contributed by atoms with E-state index in [1.165, 1.54) is 18.2 Å². The molecule has 0 aliphatic heterocycles. The fourth-order valence-corrected chi connectivity index (χ4v) is 2.09. The van der Waals surface area contributed by atoms with E-state index < -0.39 is 11.7 Å². The molecule has 4 nitrogen and oxygen atoms in total. The number of carbonyl (C=O) groups excluding carboxylic acids is 1. The number of benzene rings is 2. The summed E-state index contributed by atoms with van der Waals surface area (Å²) in [5, 5.41) is 2.41. The maximum Gasteiger partial charge on any atom is 0.277 e. The predicted octanol–water partition coefficient (Wildman–Crippen LogP) is 3.67. The normalized spacial score (nSPS) is 10.6. The average molecular weight is 302 g/mol. The molecule has 1 aromatic heterocycles. The van der Waals surface area contributed by atoms with E-state index in [1.54, 1.807) is 30.3 Å². The van der Waals surface area contributed by atoms with Crippen molar-refractivity contribution in [1.82, 2.24) is 9.97 Å². The molecule has 3 rings (SSSR count). The minimum absolute atomic E-state index is 0.0254. The Morgan fingerprint density at radius 3 is 2.33 bits per heavy atom. The van der Waals surface area contributed by atoms with Crippen molar-refractivity contribution in [2.45, 2.75) is 0 Å². The van der Waals surface area contributed by atoms with Crippen LogP contribution in [0.15, 0.2) is 48.5 Å². The predicted molar refractivity (Wildman–Crippen MR) is 78.9 cm³/mol. The molecule has 0 spiro atoms. The fraction of sp³-hybridized carbons (Fsp3) is 0. The molecule has 0 atom stereocenters. The molecule has 0 unspecified atom stereocenters. The number of rotatable bonds is 2. The van der Waals surface area contributed by atoms with Crippen molar-refractivity contribution in [2.24, 2.45) is 0 Å². The summed E-state index contributed by atoms with van der Waals surface area (Å²) in [5.74, 6) is -1.14. The van der Waals surface area contributed by atoms with Crippen molar-refractivity contribution >= 4 is 34.2 Å². The van der Waals surface area contributed by atoms with E-state index in [4.69, 9.17) is 11.6 Å². The molecule has 2 aromatic carbocycles. The Morgan fingerprint density at radius 1 is 1.00 bits per heavy atom. The molecule has 0 bridgehead atoms. The Balaban J connectivity index is 1.98. The summed E-state index contributed by atoms with van der Waals surface area (Å²) in [4.78, 5) is 20.4. The lowest BCUT2D eigenvalue weighted by atomic mass is 10.2. The molecule has 0 saturated heterocycles. The fourth-order valence-electron chi connectivity index (χ4n) is 1.87. The summed E-state index contributed by atoms with van der Waals surface area (Å²) < 4.78 is 13.5. The molecular formula is C15H9ClFN3O. The minimum Gasteiger partial charge on any atom is -0.318 e. The largest absolute Gasteiger partial charge is 0.318 e. The summed E-state index contributed by atoms with van der Waals surface area (Å²) in [6, 6.07) is 12.9. The van der Waals surface area contributed by atoms with Gasteiger partial charge in [-0.05, 0) is 24.3 Å². The van der Waals surface area contributed by atoms with Crippen LogP contribution in [0, 0.1) is 5.82 Å². The monoisotopic (exact) mass is 301 g/mol. The third-order valence-corrected chi connectivity index (χ3v) is 3.13. The lowest BCUT2D eigenvalue weighted by Crippen LogP contribution is -2.16. The van der Waals surface area contributed by atoms with Crippen molar-refractivity contribution in [3.05, 3.63) is 65.2 Å². The maximum atomic E-state index is 13.5.